The standard InChI is InChI=1S/C17H20N4O3/c1-12-10-15(20-24-12)19-16(22)14-8-5-9-21(14)17(23)18-11-13-6-3-2-4-7-13/h2-4,6-7,10,14H,5,8-9,11H2,1H3,(H,18,23)(H,19,20,22)/t14-/m0/s1. The molecule has 7 heteroatoms. The molecule has 3 rings (SSSR count). The average Bonchev–Trinajstić information content (AvgIpc) is 3.22. The van der Waals surface area contributed by atoms with E-state index >= 15 is 0 Å². The van der Waals surface area contributed by atoms with Gasteiger partial charge in [-0.05, 0) is 25.3 Å². The molecule has 2 aromatic rings. The molecule has 1 aliphatic heterocycles. The number of nitrogens with one attached hydrogen (secondary N) is 2. The van der Waals surface area contributed by atoms with E-state index in [1.54, 1.807) is 17.9 Å². The van der Waals surface area contributed by atoms with Gasteiger partial charge in [-0.15, -0.1) is 0 Å². The third-order valence-corrected chi connectivity index (χ3v) is 3.98. The predicted molar refractivity (Wildman–Crippen MR) is 88.3 cm³/mol. The van der Waals surface area contributed by atoms with E-state index < -0.39 is 6.04 Å². The Hall–Kier alpha value is -2.83. The summed E-state index contributed by atoms with van der Waals surface area (Å²) >= 11 is 0. The first kappa shape index (κ1) is 16.0. The van der Waals surface area contributed by atoms with Crippen molar-refractivity contribution in [3.63, 3.8) is 0 Å². The minimum Gasteiger partial charge on any atom is -0.360 e. The molecule has 0 saturated carbocycles. The first-order chi connectivity index (χ1) is 11.6. The van der Waals surface area contributed by atoms with Gasteiger partial charge in [0.1, 0.15) is 11.8 Å². The molecule has 1 saturated heterocycles. The van der Waals surface area contributed by atoms with Gasteiger partial charge in [-0.3, -0.25) is 4.79 Å². The monoisotopic (exact) mass is 328 g/mol. The normalized spacial score (nSPS) is 16.9. The molecule has 0 spiro atoms. The number of likely N-dealkylation sites (tertiary alicyclic amines) is 1. The fourth-order valence-electron chi connectivity index (χ4n) is 2.79. The van der Waals surface area contributed by atoms with Gasteiger partial charge in [-0.2, -0.15) is 0 Å². The summed E-state index contributed by atoms with van der Waals surface area (Å²) in [6.45, 7) is 2.76. The highest BCUT2D eigenvalue weighted by molar-refractivity contribution is 5.96. The Kier molecular flexibility index (Phi) is 4.79. The van der Waals surface area contributed by atoms with Crippen molar-refractivity contribution in [3.8, 4) is 0 Å². The fourth-order valence-corrected chi connectivity index (χ4v) is 2.79. The first-order valence-corrected chi connectivity index (χ1v) is 7.96. The second-order valence-corrected chi connectivity index (χ2v) is 5.81. The van der Waals surface area contributed by atoms with Crippen LogP contribution in [0.1, 0.15) is 24.2 Å². The van der Waals surface area contributed by atoms with Crippen LogP contribution in [0.3, 0.4) is 0 Å². The number of carbonyl (C=O) groups excluding carboxylic acids is 2. The van der Waals surface area contributed by atoms with Gasteiger partial charge in [-0.1, -0.05) is 35.5 Å². The Balaban J connectivity index is 1.57. The van der Waals surface area contributed by atoms with E-state index in [9.17, 15) is 9.59 Å². The Labute approximate surface area is 140 Å². The average molecular weight is 328 g/mol. The zero-order valence-electron chi connectivity index (χ0n) is 13.5. The summed E-state index contributed by atoms with van der Waals surface area (Å²) < 4.78 is 4.93. The molecule has 24 heavy (non-hydrogen) atoms. The molecule has 7 nitrogen and oxygen atoms in total. The van der Waals surface area contributed by atoms with Crippen molar-refractivity contribution in [2.24, 2.45) is 0 Å². The Morgan fingerprint density at radius 1 is 1.33 bits per heavy atom. The van der Waals surface area contributed by atoms with Gasteiger partial charge in [-0.25, -0.2) is 4.79 Å². The Morgan fingerprint density at radius 2 is 2.12 bits per heavy atom. The molecule has 1 atom stereocenters. The number of amides is 3. The summed E-state index contributed by atoms with van der Waals surface area (Å²) in [6.07, 6.45) is 1.44. The van der Waals surface area contributed by atoms with Crippen LogP contribution in [-0.4, -0.2) is 34.6 Å². The molecule has 1 aliphatic rings. The van der Waals surface area contributed by atoms with Gasteiger partial charge in [0.05, 0.1) is 0 Å². The zero-order chi connectivity index (χ0) is 16.9. The molecule has 1 aromatic heterocycles. The van der Waals surface area contributed by atoms with E-state index in [1.807, 2.05) is 30.3 Å². The van der Waals surface area contributed by atoms with Gasteiger partial charge in [0, 0.05) is 19.2 Å². The molecular formula is C17H20N4O3. The van der Waals surface area contributed by atoms with E-state index in [0.717, 1.165) is 12.0 Å². The summed E-state index contributed by atoms with van der Waals surface area (Å²) in [5.41, 5.74) is 1.02. The number of hydrogen-bond acceptors (Lipinski definition) is 4. The highest BCUT2D eigenvalue weighted by Gasteiger charge is 2.34. The van der Waals surface area contributed by atoms with Crippen LogP contribution in [0.4, 0.5) is 10.6 Å². The van der Waals surface area contributed by atoms with Gasteiger partial charge >= 0.3 is 6.03 Å². The number of aryl methyl sites for hydroxylation is 1. The lowest BCUT2D eigenvalue weighted by Gasteiger charge is -2.23. The second kappa shape index (κ2) is 7.16. The van der Waals surface area contributed by atoms with Crippen LogP contribution < -0.4 is 10.6 Å². The fraction of sp³-hybridized carbons (Fsp3) is 0.353. The quantitative estimate of drug-likeness (QED) is 0.901. The van der Waals surface area contributed by atoms with E-state index in [4.69, 9.17) is 4.52 Å². The van der Waals surface area contributed by atoms with Crippen LogP contribution in [0, 0.1) is 6.92 Å². The molecule has 2 heterocycles. The largest absolute Gasteiger partial charge is 0.360 e. The maximum atomic E-state index is 12.4. The summed E-state index contributed by atoms with van der Waals surface area (Å²) in [4.78, 5) is 26.4. The van der Waals surface area contributed by atoms with Crippen molar-refractivity contribution < 1.29 is 14.1 Å². The zero-order valence-corrected chi connectivity index (χ0v) is 13.5. The SMILES string of the molecule is Cc1cc(NC(=O)[C@@H]2CCCN2C(=O)NCc2ccccc2)no1. The van der Waals surface area contributed by atoms with Crippen molar-refractivity contribution in [2.45, 2.75) is 32.4 Å². The third kappa shape index (κ3) is 3.73. The number of benzene rings is 1. The second-order valence-electron chi connectivity index (χ2n) is 5.81. The van der Waals surface area contributed by atoms with Gasteiger partial charge in [0.2, 0.25) is 5.91 Å². The van der Waals surface area contributed by atoms with E-state index in [0.29, 0.717) is 31.1 Å². The molecule has 0 unspecified atom stereocenters. The third-order valence-electron chi connectivity index (χ3n) is 3.98. The predicted octanol–water partition coefficient (Wildman–Crippen LogP) is 2.30. The van der Waals surface area contributed by atoms with Crippen LogP contribution in [0.2, 0.25) is 0 Å². The van der Waals surface area contributed by atoms with Gasteiger partial charge in [0.25, 0.3) is 0 Å². The van der Waals surface area contributed by atoms with Gasteiger partial charge in [0.15, 0.2) is 5.82 Å². The lowest BCUT2D eigenvalue weighted by molar-refractivity contribution is -0.119. The van der Waals surface area contributed by atoms with E-state index in [1.165, 1.54) is 0 Å². The summed E-state index contributed by atoms with van der Waals surface area (Å²) in [6, 6.07) is 10.6. The van der Waals surface area contributed by atoms with Crippen molar-refractivity contribution in [1.82, 2.24) is 15.4 Å². The number of aromatic nitrogens is 1. The van der Waals surface area contributed by atoms with E-state index in [2.05, 4.69) is 15.8 Å². The molecule has 0 radical (unpaired) electrons. The number of urea groups is 1. The van der Waals surface area contributed by atoms with Crippen LogP contribution in [0.25, 0.3) is 0 Å². The maximum absolute atomic E-state index is 12.4. The number of anilines is 1. The van der Waals surface area contributed by atoms with Crippen LogP contribution >= 0.6 is 0 Å². The molecule has 1 aromatic carbocycles. The minimum atomic E-state index is -0.488. The van der Waals surface area contributed by atoms with Crippen molar-refractivity contribution >= 4 is 17.8 Å². The lowest BCUT2D eigenvalue weighted by Crippen LogP contribution is -2.47. The highest BCUT2D eigenvalue weighted by atomic mass is 16.5. The van der Waals surface area contributed by atoms with Gasteiger partial charge < -0.3 is 20.1 Å². The molecule has 0 bridgehead atoms. The highest BCUT2D eigenvalue weighted by Crippen LogP contribution is 2.19. The van der Waals surface area contributed by atoms with Crippen LogP contribution in [-0.2, 0) is 11.3 Å². The molecule has 0 aliphatic carbocycles. The molecule has 126 valence electrons. The molecule has 2 N–H and O–H groups in total. The Morgan fingerprint density at radius 3 is 2.83 bits per heavy atom. The van der Waals surface area contributed by atoms with E-state index in [-0.39, 0.29) is 11.9 Å². The number of nitrogens with zero attached hydrogens (tertiary/aromatic N) is 2. The Bertz CT molecular complexity index is 714. The maximum Gasteiger partial charge on any atom is 0.318 e. The molecule has 1 fully saturated rings. The van der Waals surface area contributed by atoms with Crippen molar-refractivity contribution in [2.75, 3.05) is 11.9 Å². The molecular weight excluding hydrogens is 308 g/mol. The molecule has 3 amide bonds. The number of hydrogen-bond donors (Lipinski definition) is 2. The summed E-state index contributed by atoms with van der Waals surface area (Å²) in [5.74, 6) is 0.749. The van der Waals surface area contributed by atoms with Crippen molar-refractivity contribution in [3.05, 3.63) is 47.7 Å². The smallest absolute Gasteiger partial charge is 0.318 e. The summed E-state index contributed by atoms with van der Waals surface area (Å²) in [5, 5.41) is 9.31. The van der Waals surface area contributed by atoms with Crippen LogP contribution in [0.15, 0.2) is 40.9 Å². The first-order valence-electron chi connectivity index (χ1n) is 7.96. The lowest BCUT2D eigenvalue weighted by atomic mass is 10.2. The number of rotatable bonds is 4. The summed E-state index contributed by atoms with van der Waals surface area (Å²) in [7, 11) is 0. The van der Waals surface area contributed by atoms with Crippen molar-refractivity contribution in [1.29, 1.82) is 0 Å². The van der Waals surface area contributed by atoms with Crippen LogP contribution in [0.5, 0.6) is 0 Å². The topological polar surface area (TPSA) is 87.5 Å². The number of carbonyl (C=O) groups is 2. The minimum absolute atomic E-state index is 0.229.